The Morgan fingerprint density at radius 1 is 1.00 bits per heavy atom. The van der Waals surface area contributed by atoms with E-state index >= 15 is 0 Å². The Morgan fingerprint density at radius 2 is 1.70 bits per heavy atom. The highest BCUT2D eigenvalue weighted by atomic mass is 32.1. The number of benzene rings is 2. The molecule has 1 saturated heterocycles. The summed E-state index contributed by atoms with van der Waals surface area (Å²) in [5.41, 5.74) is 4.44. The van der Waals surface area contributed by atoms with Gasteiger partial charge in [-0.3, -0.25) is 9.69 Å². The van der Waals surface area contributed by atoms with Crippen LogP contribution >= 0.6 is 11.3 Å². The van der Waals surface area contributed by atoms with Gasteiger partial charge in [-0.1, -0.05) is 29.8 Å². The lowest BCUT2D eigenvalue weighted by molar-refractivity contribution is 0.244. The van der Waals surface area contributed by atoms with E-state index < -0.39 is 0 Å². The smallest absolute Gasteiger partial charge is 0.260 e. The molecule has 1 N–H and O–H groups in total. The van der Waals surface area contributed by atoms with E-state index in [1.54, 1.807) is 18.4 Å². The number of aromatic amines is 1. The number of aryl methyl sites for hydroxylation is 2. The standard InChI is InChI=1S/C26H28N4O2S/c1-17-4-6-19(7-5-17)23-18(2)33-26-24(23)25(31)27-22(28-26)16-29-12-14-30(15-13-29)20-8-10-21(32-3)11-9-20/h4-11H,12-16H2,1-3H3,(H,27,28,31). The van der Waals surface area contributed by atoms with Crippen LogP contribution in [0.5, 0.6) is 5.75 Å². The number of rotatable bonds is 5. The molecule has 5 rings (SSSR count). The van der Waals surface area contributed by atoms with Crippen molar-refractivity contribution in [3.8, 4) is 16.9 Å². The molecule has 1 aliphatic heterocycles. The second-order valence-corrected chi connectivity index (χ2v) is 9.76. The summed E-state index contributed by atoms with van der Waals surface area (Å²) in [5.74, 6) is 1.61. The molecule has 0 aliphatic carbocycles. The third kappa shape index (κ3) is 4.38. The minimum atomic E-state index is -0.0493. The van der Waals surface area contributed by atoms with Crippen molar-refractivity contribution in [2.75, 3.05) is 38.2 Å². The molecule has 170 valence electrons. The van der Waals surface area contributed by atoms with Crippen LogP contribution in [0.1, 0.15) is 16.3 Å². The van der Waals surface area contributed by atoms with Gasteiger partial charge in [0.25, 0.3) is 5.56 Å². The molecule has 7 heteroatoms. The summed E-state index contributed by atoms with van der Waals surface area (Å²) in [5, 5.41) is 0.703. The highest BCUT2D eigenvalue weighted by Gasteiger charge is 2.20. The van der Waals surface area contributed by atoms with Gasteiger partial charge < -0.3 is 14.6 Å². The summed E-state index contributed by atoms with van der Waals surface area (Å²) < 4.78 is 5.26. The van der Waals surface area contributed by atoms with E-state index in [1.807, 2.05) is 12.1 Å². The van der Waals surface area contributed by atoms with Gasteiger partial charge in [0.05, 0.1) is 19.0 Å². The predicted octanol–water partition coefficient (Wildman–Crippen LogP) is 4.60. The molecule has 0 spiro atoms. The molecule has 0 amide bonds. The highest BCUT2D eigenvalue weighted by Crippen LogP contribution is 2.35. The Balaban J connectivity index is 1.32. The van der Waals surface area contributed by atoms with Crippen LogP contribution in [0.3, 0.4) is 0 Å². The molecule has 33 heavy (non-hydrogen) atoms. The maximum absolute atomic E-state index is 13.1. The number of thiophene rings is 1. The number of aromatic nitrogens is 2. The number of methoxy groups -OCH3 is 1. The highest BCUT2D eigenvalue weighted by molar-refractivity contribution is 7.19. The van der Waals surface area contributed by atoms with Gasteiger partial charge in [0, 0.05) is 42.3 Å². The molecule has 6 nitrogen and oxygen atoms in total. The zero-order valence-corrected chi connectivity index (χ0v) is 20.0. The molecule has 2 aromatic heterocycles. The number of ether oxygens (including phenoxy) is 1. The zero-order chi connectivity index (χ0) is 22.9. The van der Waals surface area contributed by atoms with Crippen LogP contribution in [0, 0.1) is 13.8 Å². The molecule has 1 aliphatic rings. The quantitative estimate of drug-likeness (QED) is 0.472. The van der Waals surface area contributed by atoms with Crippen molar-refractivity contribution >= 4 is 27.2 Å². The van der Waals surface area contributed by atoms with Gasteiger partial charge in [0.1, 0.15) is 16.4 Å². The first-order valence-electron chi connectivity index (χ1n) is 11.2. The second kappa shape index (κ2) is 9.00. The SMILES string of the molecule is COc1ccc(N2CCN(Cc3nc4sc(C)c(-c5ccc(C)cc5)c4c(=O)[nH]3)CC2)cc1. The Kier molecular flexibility index (Phi) is 5.91. The molecular weight excluding hydrogens is 432 g/mol. The van der Waals surface area contributed by atoms with E-state index in [4.69, 9.17) is 9.72 Å². The lowest BCUT2D eigenvalue weighted by Crippen LogP contribution is -2.46. The van der Waals surface area contributed by atoms with Crippen molar-refractivity contribution in [3.63, 3.8) is 0 Å². The van der Waals surface area contributed by atoms with E-state index in [9.17, 15) is 4.79 Å². The lowest BCUT2D eigenvalue weighted by Gasteiger charge is -2.35. The maximum atomic E-state index is 13.1. The Hall–Kier alpha value is -3.16. The number of nitrogens with zero attached hydrogens (tertiary/aromatic N) is 3. The van der Waals surface area contributed by atoms with Crippen LogP contribution in [0.15, 0.2) is 53.3 Å². The number of anilines is 1. The number of hydrogen-bond donors (Lipinski definition) is 1. The molecule has 1 fully saturated rings. The monoisotopic (exact) mass is 460 g/mol. The fourth-order valence-electron chi connectivity index (χ4n) is 4.48. The summed E-state index contributed by atoms with van der Waals surface area (Å²) in [4.78, 5) is 27.7. The lowest BCUT2D eigenvalue weighted by atomic mass is 10.0. The number of H-pyrrole nitrogens is 1. The number of piperazine rings is 1. The van der Waals surface area contributed by atoms with E-state index in [1.165, 1.54) is 11.3 Å². The fraction of sp³-hybridized carbons (Fsp3) is 0.308. The first-order valence-corrected chi connectivity index (χ1v) is 12.0. The molecule has 0 radical (unpaired) electrons. The first kappa shape index (κ1) is 21.7. The molecule has 4 aromatic rings. The number of nitrogens with one attached hydrogen (secondary N) is 1. The summed E-state index contributed by atoms with van der Waals surface area (Å²) in [7, 11) is 1.68. The molecule has 2 aromatic carbocycles. The van der Waals surface area contributed by atoms with Crippen LogP contribution in [0.25, 0.3) is 21.3 Å². The molecule has 0 unspecified atom stereocenters. The van der Waals surface area contributed by atoms with Gasteiger partial charge in [-0.2, -0.15) is 0 Å². The molecule has 0 saturated carbocycles. The van der Waals surface area contributed by atoms with E-state index in [2.05, 4.69) is 65.0 Å². The van der Waals surface area contributed by atoms with Crippen LogP contribution < -0.4 is 15.2 Å². The fourth-order valence-corrected chi connectivity index (χ4v) is 5.54. The predicted molar refractivity (Wildman–Crippen MR) is 136 cm³/mol. The van der Waals surface area contributed by atoms with Crippen molar-refractivity contribution in [2.24, 2.45) is 0 Å². The van der Waals surface area contributed by atoms with E-state index in [0.29, 0.717) is 11.9 Å². The average Bonchev–Trinajstić information content (AvgIpc) is 3.16. The topological polar surface area (TPSA) is 61.5 Å². The van der Waals surface area contributed by atoms with Crippen molar-refractivity contribution in [3.05, 3.63) is 75.1 Å². The third-order valence-corrected chi connectivity index (χ3v) is 7.31. The van der Waals surface area contributed by atoms with Gasteiger partial charge in [-0.15, -0.1) is 11.3 Å². The van der Waals surface area contributed by atoms with Gasteiger partial charge in [0.2, 0.25) is 0 Å². The maximum Gasteiger partial charge on any atom is 0.260 e. The molecule has 0 atom stereocenters. The van der Waals surface area contributed by atoms with E-state index in [-0.39, 0.29) is 5.56 Å². The van der Waals surface area contributed by atoms with E-state index in [0.717, 1.165) is 58.6 Å². The van der Waals surface area contributed by atoms with Crippen molar-refractivity contribution in [1.29, 1.82) is 0 Å². The van der Waals surface area contributed by atoms with Crippen LogP contribution in [0.2, 0.25) is 0 Å². The number of hydrogen-bond acceptors (Lipinski definition) is 6. The Labute approximate surface area is 197 Å². The van der Waals surface area contributed by atoms with Crippen molar-refractivity contribution < 1.29 is 4.74 Å². The minimum Gasteiger partial charge on any atom is -0.497 e. The minimum absolute atomic E-state index is 0.0493. The second-order valence-electron chi connectivity index (χ2n) is 8.55. The molecule has 3 heterocycles. The normalized spacial score (nSPS) is 14.7. The Bertz CT molecular complexity index is 1320. The van der Waals surface area contributed by atoms with Crippen LogP contribution in [-0.4, -0.2) is 48.2 Å². The van der Waals surface area contributed by atoms with Gasteiger partial charge in [-0.05, 0) is 43.7 Å². The average molecular weight is 461 g/mol. The van der Waals surface area contributed by atoms with Crippen molar-refractivity contribution in [2.45, 2.75) is 20.4 Å². The molecular formula is C26H28N4O2S. The largest absolute Gasteiger partial charge is 0.497 e. The van der Waals surface area contributed by atoms with Gasteiger partial charge >= 0.3 is 0 Å². The third-order valence-electron chi connectivity index (χ3n) is 6.31. The Morgan fingerprint density at radius 3 is 2.36 bits per heavy atom. The van der Waals surface area contributed by atoms with Crippen molar-refractivity contribution in [1.82, 2.24) is 14.9 Å². The molecule has 0 bridgehead atoms. The summed E-state index contributed by atoms with van der Waals surface area (Å²) in [6.45, 7) is 8.51. The summed E-state index contributed by atoms with van der Waals surface area (Å²) >= 11 is 1.60. The summed E-state index contributed by atoms with van der Waals surface area (Å²) in [6, 6.07) is 16.5. The number of fused-ring (bicyclic) bond motifs is 1. The first-order chi connectivity index (χ1) is 16.0. The zero-order valence-electron chi connectivity index (χ0n) is 19.2. The van der Waals surface area contributed by atoms with Crippen LogP contribution in [0.4, 0.5) is 5.69 Å². The van der Waals surface area contributed by atoms with Gasteiger partial charge in [-0.25, -0.2) is 4.98 Å². The van der Waals surface area contributed by atoms with Gasteiger partial charge in [0.15, 0.2) is 0 Å². The summed E-state index contributed by atoms with van der Waals surface area (Å²) in [6.07, 6.45) is 0. The van der Waals surface area contributed by atoms with Crippen LogP contribution in [-0.2, 0) is 6.54 Å².